The number of hydrogen-bond donors (Lipinski definition) is 0. The maximum atomic E-state index is 1.76. The average molecular weight is 272 g/mol. The van der Waals surface area contributed by atoms with Crippen LogP contribution < -0.4 is 0 Å². The average Bonchev–Trinajstić information content (AvgIpc) is 2.59. The SMILES string of the molecule is C1C2C3C[C@@H]4[C@@H]5[C@@H]6CC7C8C[C@@H]9[C@@H]%10C[C@H]1C21C34C52C76C89C%1012. The van der Waals surface area contributed by atoms with Crippen molar-refractivity contribution in [3.63, 3.8) is 0 Å². The number of fused-ring (bicyclic) bond motifs is 5. The molecule has 0 amide bonds. The van der Waals surface area contributed by atoms with Gasteiger partial charge < -0.3 is 0 Å². The molecule has 12 fully saturated rings. The minimum atomic E-state index is 1.07. The second-order valence-corrected chi connectivity index (χ2v) is 12.3. The predicted octanol–water partition coefficient (Wildman–Crippen LogP) is 3.18. The van der Waals surface area contributed by atoms with Crippen molar-refractivity contribution < 1.29 is 0 Å². The van der Waals surface area contributed by atoms with Crippen LogP contribution in [0.25, 0.3) is 0 Å². The first-order chi connectivity index (χ1) is 10.4. The van der Waals surface area contributed by atoms with E-state index in [-0.39, 0.29) is 0 Å². The standard InChI is InChI=1S/C21H20/c1-6-2-12-11-3-8-10-5-14-15-13-4-9-7(1)16(6)18(9,13)21(15)19(10,14)17(8,11)20(12,16)21/h6-15H,1-5H2/t6-,7?,8?,9?,10?,11+,12-,13+,14-,15+,16?,17?,18?,19?,20?,21?/m0/s1. The zero-order valence-electron chi connectivity index (χ0n) is 12.3. The molecule has 0 aromatic carbocycles. The van der Waals surface area contributed by atoms with Crippen LogP contribution in [0.15, 0.2) is 0 Å². The van der Waals surface area contributed by atoms with Gasteiger partial charge in [-0.1, -0.05) is 0 Å². The zero-order valence-corrected chi connectivity index (χ0v) is 12.3. The van der Waals surface area contributed by atoms with E-state index in [1.54, 1.807) is 32.1 Å². The molecule has 0 saturated heterocycles. The third kappa shape index (κ3) is 0.244. The van der Waals surface area contributed by atoms with Gasteiger partial charge in [-0.3, -0.25) is 0 Å². The zero-order chi connectivity index (χ0) is 12.3. The Morgan fingerprint density at radius 1 is 0.429 bits per heavy atom. The summed E-state index contributed by atoms with van der Waals surface area (Å²) in [6.45, 7) is 0. The van der Waals surface area contributed by atoms with Crippen LogP contribution in [0.4, 0.5) is 0 Å². The minimum Gasteiger partial charge on any atom is -0.0461 e. The van der Waals surface area contributed by atoms with Crippen LogP contribution in [0.5, 0.6) is 0 Å². The van der Waals surface area contributed by atoms with Crippen molar-refractivity contribution in [2.24, 2.45) is 91.7 Å². The first-order valence-electron chi connectivity index (χ1n) is 10.4. The van der Waals surface area contributed by atoms with Crippen LogP contribution >= 0.6 is 0 Å². The largest absolute Gasteiger partial charge is 0.0461 e. The first-order valence-corrected chi connectivity index (χ1v) is 10.4. The smallest absolute Gasteiger partial charge is 0.00574 e. The molecule has 12 aliphatic rings. The highest BCUT2D eigenvalue weighted by atomic mass is 15.3. The Labute approximate surface area is 124 Å². The molecule has 0 aliphatic heterocycles. The highest BCUT2D eigenvalue weighted by Crippen LogP contribution is 3.35. The van der Waals surface area contributed by atoms with E-state index in [9.17, 15) is 0 Å². The Hall–Kier alpha value is 0. The second kappa shape index (κ2) is 1.43. The Morgan fingerprint density at radius 3 is 1.76 bits per heavy atom. The molecule has 6 spiro atoms. The molecule has 12 aliphatic carbocycles. The first kappa shape index (κ1) is 8.20. The van der Waals surface area contributed by atoms with Crippen LogP contribution in [0.2, 0.25) is 0 Å². The van der Waals surface area contributed by atoms with Crippen LogP contribution in [0.3, 0.4) is 0 Å². The summed E-state index contributed by atoms with van der Waals surface area (Å²) in [5, 5.41) is 0. The molecule has 12 saturated carbocycles. The molecule has 12 rings (SSSR count). The van der Waals surface area contributed by atoms with Crippen LogP contribution in [0.1, 0.15) is 32.1 Å². The third-order valence-electron chi connectivity index (χ3n) is 15.3. The predicted molar refractivity (Wildman–Crippen MR) is 72.6 cm³/mol. The summed E-state index contributed by atoms with van der Waals surface area (Å²) in [6.07, 6.45) is 8.70. The van der Waals surface area contributed by atoms with Gasteiger partial charge in [-0.05, 0) is 124 Å². The molecule has 0 aromatic heterocycles. The van der Waals surface area contributed by atoms with E-state index in [4.69, 9.17) is 0 Å². The van der Waals surface area contributed by atoms with Crippen molar-refractivity contribution in [2.75, 3.05) is 0 Å². The summed E-state index contributed by atoms with van der Waals surface area (Å²) in [6, 6.07) is 0. The van der Waals surface area contributed by atoms with Crippen molar-refractivity contribution in [2.45, 2.75) is 32.1 Å². The van der Waals surface area contributed by atoms with Crippen molar-refractivity contribution >= 4 is 0 Å². The summed E-state index contributed by atoms with van der Waals surface area (Å²) in [5.41, 5.74) is 6.50. The van der Waals surface area contributed by atoms with Gasteiger partial charge in [0.25, 0.3) is 0 Å². The fourth-order valence-corrected chi connectivity index (χ4v) is 17.7. The lowest BCUT2D eigenvalue weighted by Gasteiger charge is -3.31. The maximum absolute atomic E-state index is 1.76. The van der Waals surface area contributed by atoms with Crippen molar-refractivity contribution in [1.29, 1.82) is 0 Å². The molecular formula is C21H20. The highest BCUT2D eigenvalue weighted by Gasteiger charge is 3.32. The van der Waals surface area contributed by atoms with Crippen LogP contribution in [0, 0.1) is 91.7 Å². The molecule has 21 heavy (non-hydrogen) atoms. The topological polar surface area (TPSA) is 0 Å². The minimum absolute atomic E-state index is 1.07. The Morgan fingerprint density at radius 2 is 0.952 bits per heavy atom. The molecule has 0 bridgehead atoms. The van der Waals surface area contributed by atoms with Gasteiger partial charge in [-0.2, -0.15) is 0 Å². The third-order valence-corrected chi connectivity index (χ3v) is 15.3. The normalized spacial score (nSPS) is 112. The number of rotatable bonds is 0. The number of hydrogen-bond acceptors (Lipinski definition) is 0. The monoisotopic (exact) mass is 272 g/mol. The molecule has 104 valence electrons. The van der Waals surface area contributed by atoms with Gasteiger partial charge in [0, 0.05) is 0 Å². The Bertz CT molecular complexity index is 865. The highest BCUT2D eigenvalue weighted by molar-refractivity contribution is 5.77. The fraction of sp³-hybridized carbons (Fsp3) is 1.00. The summed E-state index contributed by atoms with van der Waals surface area (Å²) in [4.78, 5) is 0. The molecule has 0 N–H and O–H groups in total. The molecule has 16 atom stereocenters. The van der Waals surface area contributed by atoms with Gasteiger partial charge in [-0.15, -0.1) is 0 Å². The lowest BCUT2D eigenvalue weighted by molar-refractivity contribution is -0.860. The quantitative estimate of drug-likeness (QED) is 0.635. The molecular weight excluding hydrogens is 252 g/mol. The molecule has 10 unspecified atom stereocenters. The molecule has 0 heterocycles. The molecule has 0 nitrogen and oxygen atoms in total. The second-order valence-electron chi connectivity index (χ2n) is 12.3. The van der Waals surface area contributed by atoms with Crippen molar-refractivity contribution in [3.05, 3.63) is 0 Å². The summed E-state index contributed by atoms with van der Waals surface area (Å²) >= 11 is 0. The van der Waals surface area contributed by atoms with E-state index in [0.29, 0.717) is 0 Å². The van der Waals surface area contributed by atoms with Gasteiger partial charge in [0.15, 0.2) is 0 Å². The van der Waals surface area contributed by atoms with E-state index in [2.05, 4.69) is 0 Å². The van der Waals surface area contributed by atoms with Gasteiger partial charge in [-0.25, -0.2) is 0 Å². The van der Waals surface area contributed by atoms with Crippen LogP contribution in [-0.2, 0) is 0 Å². The maximum Gasteiger partial charge on any atom is -0.00574 e. The van der Waals surface area contributed by atoms with E-state index in [1.807, 2.05) is 0 Å². The lowest BCUT2D eigenvalue weighted by Crippen LogP contribution is -3.29. The Kier molecular flexibility index (Phi) is 0.559. The van der Waals surface area contributed by atoms with Gasteiger partial charge in [0.1, 0.15) is 0 Å². The molecule has 0 aromatic rings. The van der Waals surface area contributed by atoms with E-state index < -0.39 is 0 Å². The van der Waals surface area contributed by atoms with Gasteiger partial charge in [0.2, 0.25) is 0 Å². The van der Waals surface area contributed by atoms with Crippen LogP contribution in [-0.4, -0.2) is 0 Å². The fourth-order valence-electron chi connectivity index (χ4n) is 17.7. The van der Waals surface area contributed by atoms with E-state index in [1.165, 1.54) is 59.2 Å². The van der Waals surface area contributed by atoms with Crippen molar-refractivity contribution in [1.82, 2.24) is 0 Å². The molecule has 0 radical (unpaired) electrons. The molecule has 0 heteroatoms. The summed E-state index contributed by atoms with van der Waals surface area (Å²) in [7, 11) is 0. The summed E-state index contributed by atoms with van der Waals surface area (Å²) in [5.74, 6) is 13.1. The lowest BCUT2D eigenvalue weighted by atomic mass is 8.72. The van der Waals surface area contributed by atoms with E-state index in [0.717, 1.165) is 32.5 Å². The van der Waals surface area contributed by atoms with Crippen molar-refractivity contribution in [3.8, 4) is 0 Å². The van der Waals surface area contributed by atoms with Gasteiger partial charge in [0.05, 0.1) is 0 Å². The Balaban J connectivity index is 1.36. The van der Waals surface area contributed by atoms with Gasteiger partial charge >= 0.3 is 0 Å². The van der Waals surface area contributed by atoms with E-state index >= 15 is 0 Å². The summed E-state index contributed by atoms with van der Waals surface area (Å²) < 4.78 is 0.